The van der Waals surface area contributed by atoms with E-state index in [0.717, 1.165) is 49.1 Å². The van der Waals surface area contributed by atoms with E-state index >= 15 is 0 Å². The second kappa shape index (κ2) is 8.73. The van der Waals surface area contributed by atoms with Gasteiger partial charge in [-0.05, 0) is 30.9 Å². The average molecular weight is 379 g/mol. The van der Waals surface area contributed by atoms with E-state index in [9.17, 15) is 4.79 Å². The molecule has 4 rings (SSSR count). The lowest BCUT2D eigenvalue weighted by molar-refractivity contribution is 0.157. The summed E-state index contributed by atoms with van der Waals surface area (Å²) in [5, 5.41) is 4.02. The number of imidazole rings is 1. The standard InChI is InChI=1S/C21H25N5O2/c27-21(26-11-3-4-17(15-26)14-25-12-9-22-16-25)24-10-13-28-19-7-1-5-18-6-2-8-23-20(18)19/h1-2,5-9,12,16-17H,3-4,10-11,13-15H2,(H,24,27)/t17-/m1/s1. The van der Waals surface area contributed by atoms with Crippen molar-refractivity contribution in [1.82, 2.24) is 24.8 Å². The predicted molar refractivity (Wildman–Crippen MR) is 107 cm³/mol. The van der Waals surface area contributed by atoms with Gasteiger partial charge in [-0.1, -0.05) is 18.2 Å². The van der Waals surface area contributed by atoms with Crippen LogP contribution in [0.1, 0.15) is 12.8 Å². The second-order valence-corrected chi connectivity index (χ2v) is 7.13. The van der Waals surface area contributed by atoms with E-state index in [1.807, 2.05) is 47.8 Å². The second-order valence-electron chi connectivity index (χ2n) is 7.13. The summed E-state index contributed by atoms with van der Waals surface area (Å²) in [6.07, 6.45) is 9.52. The van der Waals surface area contributed by atoms with Crippen molar-refractivity contribution >= 4 is 16.9 Å². The lowest BCUT2D eigenvalue weighted by atomic mass is 9.98. The number of nitrogens with zero attached hydrogens (tertiary/aromatic N) is 4. The van der Waals surface area contributed by atoms with Gasteiger partial charge in [0.15, 0.2) is 0 Å². The maximum Gasteiger partial charge on any atom is 0.317 e. The number of nitrogens with one attached hydrogen (secondary N) is 1. The number of urea groups is 1. The Bertz CT molecular complexity index is 907. The SMILES string of the molecule is O=C(NCCOc1cccc2cccnc12)N1CCC[C@H](Cn2ccnc2)C1. The van der Waals surface area contributed by atoms with Gasteiger partial charge >= 0.3 is 6.03 Å². The fourth-order valence-corrected chi connectivity index (χ4v) is 3.71. The van der Waals surface area contributed by atoms with Crippen LogP contribution in [0.2, 0.25) is 0 Å². The van der Waals surface area contributed by atoms with Crippen LogP contribution < -0.4 is 10.1 Å². The van der Waals surface area contributed by atoms with Gasteiger partial charge in [-0.2, -0.15) is 0 Å². The summed E-state index contributed by atoms with van der Waals surface area (Å²) in [6, 6.07) is 9.76. The third-order valence-electron chi connectivity index (χ3n) is 5.07. The van der Waals surface area contributed by atoms with Crippen molar-refractivity contribution in [3.63, 3.8) is 0 Å². The van der Waals surface area contributed by atoms with Gasteiger partial charge in [-0.3, -0.25) is 4.98 Å². The zero-order valence-electron chi connectivity index (χ0n) is 15.8. The van der Waals surface area contributed by atoms with Crippen LogP contribution in [-0.2, 0) is 6.54 Å². The Kier molecular flexibility index (Phi) is 5.70. The fraction of sp³-hybridized carbons (Fsp3) is 0.381. The zero-order valence-corrected chi connectivity index (χ0v) is 15.8. The molecule has 0 spiro atoms. The molecule has 7 heteroatoms. The number of ether oxygens (including phenoxy) is 1. The first-order valence-electron chi connectivity index (χ1n) is 9.74. The normalized spacial score (nSPS) is 16.9. The van der Waals surface area contributed by atoms with Crippen molar-refractivity contribution in [3.8, 4) is 5.75 Å². The van der Waals surface area contributed by atoms with Crippen molar-refractivity contribution in [2.24, 2.45) is 5.92 Å². The lowest BCUT2D eigenvalue weighted by Crippen LogP contribution is -2.47. The molecule has 1 saturated heterocycles. The number of carbonyl (C=O) groups is 1. The molecular weight excluding hydrogens is 354 g/mol. The van der Waals surface area contributed by atoms with Crippen LogP contribution >= 0.6 is 0 Å². The Morgan fingerprint density at radius 1 is 1.25 bits per heavy atom. The minimum absolute atomic E-state index is 0.0185. The van der Waals surface area contributed by atoms with Gasteiger partial charge in [0, 0.05) is 43.6 Å². The van der Waals surface area contributed by atoms with Crippen molar-refractivity contribution in [1.29, 1.82) is 0 Å². The van der Waals surface area contributed by atoms with Crippen LogP contribution in [0, 0.1) is 5.92 Å². The predicted octanol–water partition coefficient (Wildman–Crippen LogP) is 2.93. The van der Waals surface area contributed by atoms with E-state index in [4.69, 9.17) is 4.74 Å². The molecule has 7 nitrogen and oxygen atoms in total. The number of hydrogen-bond donors (Lipinski definition) is 1. The number of hydrogen-bond acceptors (Lipinski definition) is 4. The number of aromatic nitrogens is 3. The van der Waals surface area contributed by atoms with E-state index in [2.05, 4.69) is 19.9 Å². The first-order valence-corrected chi connectivity index (χ1v) is 9.74. The minimum Gasteiger partial charge on any atom is -0.489 e. The Morgan fingerprint density at radius 2 is 2.18 bits per heavy atom. The molecule has 0 saturated carbocycles. The van der Waals surface area contributed by atoms with Crippen molar-refractivity contribution in [2.45, 2.75) is 19.4 Å². The highest BCUT2D eigenvalue weighted by molar-refractivity contribution is 5.84. The Hall–Kier alpha value is -3.09. The molecule has 2 aromatic heterocycles. The fourth-order valence-electron chi connectivity index (χ4n) is 3.71. The number of carbonyl (C=O) groups excluding carboxylic acids is 1. The summed E-state index contributed by atoms with van der Waals surface area (Å²) in [7, 11) is 0. The lowest BCUT2D eigenvalue weighted by Gasteiger charge is -2.33. The number of benzene rings is 1. The van der Waals surface area contributed by atoms with Gasteiger partial charge in [-0.15, -0.1) is 0 Å². The van der Waals surface area contributed by atoms with Gasteiger partial charge in [0.1, 0.15) is 17.9 Å². The van der Waals surface area contributed by atoms with Crippen LogP contribution in [0.4, 0.5) is 4.79 Å². The molecule has 28 heavy (non-hydrogen) atoms. The van der Waals surface area contributed by atoms with Crippen molar-refractivity contribution in [3.05, 3.63) is 55.2 Å². The topological polar surface area (TPSA) is 72.3 Å². The molecular formula is C21H25N5O2. The monoisotopic (exact) mass is 379 g/mol. The first-order chi connectivity index (χ1) is 13.8. The van der Waals surface area contributed by atoms with Gasteiger partial charge in [-0.25, -0.2) is 9.78 Å². The summed E-state index contributed by atoms with van der Waals surface area (Å²) in [4.78, 5) is 22.9. The molecule has 0 bridgehead atoms. The third kappa shape index (κ3) is 4.42. The molecule has 0 radical (unpaired) electrons. The van der Waals surface area contributed by atoms with Gasteiger partial charge < -0.3 is 19.5 Å². The van der Waals surface area contributed by atoms with Crippen molar-refractivity contribution < 1.29 is 9.53 Å². The van der Waals surface area contributed by atoms with E-state index in [-0.39, 0.29) is 6.03 Å². The molecule has 3 aromatic rings. The maximum atomic E-state index is 12.5. The van der Waals surface area contributed by atoms with E-state index < -0.39 is 0 Å². The van der Waals surface area contributed by atoms with Crippen LogP contribution in [0.15, 0.2) is 55.2 Å². The number of rotatable bonds is 6. The molecule has 1 N–H and O–H groups in total. The summed E-state index contributed by atoms with van der Waals surface area (Å²) in [6.45, 7) is 3.36. The first kappa shape index (κ1) is 18.3. The summed E-state index contributed by atoms with van der Waals surface area (Å²) >= 11 is 0. The largest absolute Gasteiger partial charge is 0.489 e. The number of amides is 2. The molecule has 1 aliphatic rings. The van der Waals surface area contributed by atoms with Crippen molar-refractivity contribution in [2.75, 3.05) is 26.2 Å². The summed E-state index contributed by atoms with van der Waals surface area (Å²) < 4.78 is 7.92. The van der Waals surface area contributed by atoms with E-state index in [0.29, 0.717) is 19.1 Å². The third-order valence-corrected chi connectivity index (χ3v) is 5.07. The van der Waals surface area contributed by atoms with Crippen LogP contribution in [-0.4, -0.2) is 51.7 Å². The van der Waals surface area contributed by atoms with E-state index in [1.54, 1.807) is 12.4 Å². The maximum absolute atomic E-state index is 12.5. The van der Waals surface area contributed by atoms with E-state index in [1.165, 1.54) is 0 Å². The highest BCUT2D eigenvalue weighted by Crippen LogP contribution is 2.22. The van der Waals surface area contributed by atoms with Crippen LogP contribution in [0.3, 0.4) is 0 Å². The number of para-hydroxylation sites is 1. The summed E-state index contributed by atoms with van der Waals surface area (Å²) in [5.74, 6) is 1.21. The molecule has 1 atom stereocenters. The highest BCUT2D eigenvalue weighted by Gasteiger charge is 2.23. The molecule has 0 aliphatic carbocycles. The van der Waals surface area contributed by atoms with Gasteiger partial charge in [0.05, 0.1) is 12.9 Å². The summed E-state index contributed by atoms with van der Waals surface area (Å²) in [5.41, 5.74) is 0.842. The van der Waals surface area contributed by atoms with Gasteiger partial charge in [0.2, 0.25) is 0 Å². The molecule has 146 valence electrons. The Balaban J connectivity index is 1.24. The molecule has 1 fully saturated rings. The smallest absolute Gasteiger partial charge is 0.317 e. The molecule has 1 aromatic carbocycles. The number of likely N-dealkylation sites (tertiary alicyclic amines) is 1. The molecule has 3 heterocycles. The van der Waals surface area contributed by atoms with Gasteiger partial charge in [0.25, 0.3) is 0 Å². The molecule has 0 unspecified atom stereocenters. The number of pyridine rings is 1. The van der Waals surface area contributed by atoms with Crippen LogP contribution in [0.5, 0.6) is 5.75 Å². The number of fused-ring (bicyclic) bond motifs is 1. The average Bonchev–Trinajstić information content (AvgIpc) is 3.24. The highest BCUT2D eigenvalue weighted by atomic mass is 16.5. The Labute approximate surface area is 164 Å². The molecule has 1 aliphatic heterocycles. The zero-order chi connectivity index (χ0) is 19.2. The van der Waals surface area contributed by atoms with Crippen LogP contribution in [0.25, 0.3) is 10.9 Å². The molecule has 2 amide bonds. The minimum atomic E-state index is -0.0185. The Morgan fingerprint density at radius 3 is 3.07 bits per heavy atom. The quantitative estimate of drug-likeness (QED) is 0.669. The number of piperidine rings is 1.